The first kappa shape index (κ1) is 18.0. The Morgan fingerprint density at radius 1 is 1.12 bits per heavy atom. The van der Waals surface area contributed by atoms with Gasteiger partial charge < -0.3 is 19.1 Å². The van der Waals surface area contributed by atoms with E-state index in [-0.39, 0.29) is 5.91 Å². The minimum atomic E-state index is -0.00308. The maximum Gasteiger partial charge on any atom is 0.246 e. The second-order valence-corrected chi connectivity index (χ2v) is 5.96. The molecule has 0 unspecified atom stereocenters. The molecule has 1 saturated heterocycles. The monoisotopic (exact) mass is 353 g/mol. The number of carbonyl (C=O) groups is 1. The Bertz CT molecular complexity index is 752. The zero-order valence-electron chi connectivity index (χ0n) is 14.9. The fourth-order valence-corrected chi connectivity index (χ4v) is 2.70. The van der Waals surface area contributed by atoms with Crippen molar-refractivity contribution in [3.8, 4) is 11.5 Å². The van der Waals surface area contributed by atoms with E-state index in [4.69, 9.17) is 14.2 Å². The molecular formula is C21H23NO4. The summed E-state index contributed by atoms with van der Waals surface area (Å²) in [6.45, 7) is 2.95. The summed E-state index contributed by atoms with van der Waals surface area (Å²) < 4.78 is 16.5. The topological polar surface area (TPSA) is 48.0 Å². The van der Waals surface area contributed by atoms with E-state index in [0.717, 1.165) is 11.1 Å². The third-order valence-corrected chi connectivity index (χ3v) is 4.17. The minimum Gasteiger partial charge on any atom is -0.493 e. The number of methoxy groups -OCH3 is 1. The summed E-state index contributed by atoms with van der Waals surface area (Å²) in [5.41, 5.74) is 1.98. The van der Waals surface area contributed by atoms with Crippen LogP contribution in [0.4, 0.5) is 0 Å². The molecule has 1 heterocycles. The van der Waals surface area contributed by atoms with E-state index in [0.29, 0.717) is 44.4 Å². The van der Waals surface area contributed by atoms with E-state index in [1.54, 1.807) is 24.2 Å². The Labute approximate surface area is 153 Å². The molecule has 0 bridgehead atoms. The number of morpholine rings is 1. The molecule has 3 rings (SSSR count). The molecule has 0 aromatic heterocycles. The molecule has 0 atom stereocenters. The number of nitrogens with zero attached hydrogens (tertiary/aromatic N) is 1. The van der Waals surface area contributed by atoms with Gasteiger partial charge in [0.1, 0.15) is 6.61 Å². The van der Waals surface area contributed by atoms with Crippen LogP contribution >= 0.6 is 0 Å². The van der Waals surface area contributed by atoms with Crippen molar-refractivity contribution in [1.82, 2.24) is 4.90 Å². The summed E-state index contributed by atoms with van der Waals surface area (Å²) in [4.78, 5) is 14.0. The van der Waals surface area contributed by atoms with Crippen LogP contribution < -0.4 is 9.47 Å². The smallest absolute Gasteiger partial charge is 0.246 e. The second-order valence-electron chi connectivity index (χ2n) is 5.96. The Kier molecular flexibility index (Phi) is 6.28. The SMILES string of the molecule is COc1cc(/C=C/C(=O)N2CCOCC2)ccc1OCc1ccccc1. The van der Waals surface area contributed by atoms with Crippen LogP contribution in [0.25, 0.3) is 6.08 Å². The van der Waals surface area contributed by atoms with E-state index >= 15 is 0 Å². The summed E-state index contributed by atoms with van der Waals surface area (Å²) in [5.74, 6) is 1.31. The van der Waals surface area contributed by atoms with Gasteiger partial charge in [-0.05, 0) is 29.3 Å². The molecule has 1 aliphatic heterocycles. The first-order valence-corrected chi connectivity index (χ1v) is 8.66. The Morgan fingerprint density at radius 3 is 2.62 bits per heavy atom. The number of ether oxygens (including phenoxy) is 3. The third kappa shape index (κ3) is 4.86. The maximum atomic E-state index is 12.2. The number of hydrogen-bond donors (Lipinski definition) is 0. The van der Waals surface area contributed by atoms with Crippen molar-refractivity contribution in [3.63, 3.8) is 0 Å². The Hall–Kier alpha value is -2.79. The van der Waals surface area contributed by atoms with Crippen LogP contribution in [-0.2, 0) is 16.1 Å². The van der Waals surface area contributed by atoms with Crippen molar-refractivity contribution in [2.24, 2.45) is 0 Å². The van der Waals surface area contributed by atoms with Gasteiger partial charge in [-0.3, -0.25) is 4.79 Å². The molecule has 2 aromatic rings. The molecule has 1 amide bonds. The molecule has 0 aliphatic carbocycles. The van der Waals surface area contributed by atoms with Crippen LogP contribution in [0.15, 0.2) is 54.6 Å². The lowest BCUT2D eigenvalue weighted by atomic mass is 10.1. The summed E-state index contributed by atoms with van der Waals surface area (Å²) in [7, 11) is 1.61. The number of rotatable bonds is 6. The molecular weight excluding hydrogens is 330 g/mol. The summed E-state index contributed by atoms with van der Waals surface area (Å²) in [6, 6.07) is 15.6. The van der Waals surface area contributed by atoms with Crippen LogP contribution in [0.5, 0.6) is 11.5 Å². The lowest BCUT2D eigenvalue weighted by Crippen LogP contribution is -2.39. The van der Waals surface area contributed by atoms with E-state index in [2.05, 4.69) is 0 Å². The Balaban J connectivity index is 1.64. The van der Waals surface area contributed by atoms with Crippen LogP contribution in [0.3, 0.4) is 0 Å². The van der Waals surface area contributed by atoms with Gasteiger partial charge in [-0.15, -0.1) is 0 Å². The highest BCUT2D eigenvalue weighted by Gasteiger charge is 2.14. The van der Waals surface area contributed by atoms with Gasteiger partial charge in [-0.25, -0.2) is 0 Å². The maximum absolute atomic E-state index is 12.2. The molecule has 0 radical (unpaired) electrons. The van der Waals surface area contributed by atoms with E-state index < -0.39 is 0 Å². The number of carbonyl (C=O) groups excluding carboxylic acids is 1. The molecule has 5 nitrogen and oxygen atoms in total. The van der Waals surface area contributed by atoms with Crippen molar-refractivity contribution in [1.29, 1.82) is 0 Å². The third-order valence-electron chi connectivity index (χ3n) is 4.17. The molecule has 1 aliphatic rings. The molecule has 2 aromatic carbocycles. The van der Waals surface area contributed by atoms with Gasteiger partial charge in [0.15, 0.2) is 11.5 Å². The quantitative estimate of drug-likeness (QED) is 0.749. The van der Waals surface area contributed by atoms with Crippen molar-refractivity contribution in [2.75, 3.05) is 33.4 Å². The van der Waals surface area contributed by atoms with Crippen molar-refractivity contribution < 1.29 is 19.0 Å². The largest absolute Gasteiger partial charge is 0.493 e. The average molecular weight is 353 g/mol. The summed E-state index contributed by atoms with van der Waals surface area (Å²) in [6.07, 6.45) is 3.38. The van der Waals surface area contributed by atoms with Gasteiger partial charge in [0.2, 0.25) is 5.91 Å². The van der Waals surface area contributed by atoms with E-state index in [9.17, 15) is 4.79 Å². The molecule has 0 spiro atoms. The summed E-state index contributed by atoms with van der Waals surface area (Å²) >= 11 is 0. The molecule has 26 heavy (non-hydrogen) atoms. The predicted octanol–water partition coefficient (Wildman–Crippen LogP) is 3.15. The van der Waals surface area contributed by atoms with Crippen molar-refractivity contribution >= 4 is 12.0 Å². The fourth-order valence-electron chi connectivity index (χ4n) is 2.70. The average Bonchev–Trinajstić information content (AvgIpc) is 2.72. The van der Waals surface area contributed by atoms with E-state index in [1.807, 2.05) is 48.5 Å². The zero-order valence-corrected chi connectivity index (χ0v) is 14.9. The number of amides is 1. The van der Waals surface area contributed by atoms with Gasteiger partial charge >= 0.3 is 0 Å². The van der Waals surface area contributed by atoms with Crippen molar-refractivity contribution in [3.05, 3.63) is 65.7 Å². The molecule has 1 fully saturated rings. The number of benzene rings is 2. The zero-order chi connectivity index (χ0) is 18.2. The molecule has 0 saturated carbocycles. The highest BCUT2D eigenvalue weighted by atomic mass is 16.5. The van der Waals surface area contributed by atoms with Crippen molar-refractivity contribution in [2.45, 2.75) is 6.61 Å². The normalized spacial score (nSPS) is 14.4. The standard InChI is InChI=1S/C21H23NO4/c1-24-20-15-17(8-10-21(23)22-11-13-25-14-12-22)7-9-19(20)26-16-18-5-3-2-4-6-18/h2-10,15H,11-14,16H2,1H3/b10-8+. The van der Waals surface area contributed by atoms with Crippen LogP contribution in [0, 0.1) is 0 Å². The van der Waals surface area contributed by atoms with Gasteiger partial charge in [0.25, 0.3) is 0 Å². The lowest BCUT2D eigenvalue weighted by Gasteiger charge is -2.25. The van der Waals surface area contributed by atoms with Crippen LogP contribution in [0.1, 0.15) is 11.1 Å². The van der Waals surface area contributed by atoms with Gasteiger partial charge in [0.05, 0.1) is 20.3 Å². The molecule has 5 heteroatoms. The highest BCUT2D eigenvalue weighted by Crippen LogP contribution is 2.29. The van der Waals surface area contributed by atoms with Gasteiger partial charge in [-0.1, -0.05) is 36.4 Å². The first-order chi connectivity index (χ1) is 12.8. The fraction of sp³-hybridized carbons (Fsp3) is 0.286. The number of hydrogen-bond acceptors (Lipinski definition) is 4. The second kappa shape index (κ2) is 9.06. The molecule has 0 N–H and O–H groups in total. The van der Waals surface area contributed by atoms with Crippen LogP contribution in [-0.4, -0.2) is 44.2 Å². The first-order valence-electron chi connectivity index (χ1n) is 8.66. The summed E-state index contributed by atoms with van der Waals surface area (Å²) in [5, 5.41) is 0. The van der Waals surface area contributed by atoms with Gasteiger partial charge in [0, 0.05) is 19.2 Å². The molecule has 136 valence electrons. The Morgan fingerprint density at radius 2 is 1.88 bits per heavy atom. The van der Waals surface area contributed by atoms with E-state index in [1.165, 1.54) is 0 Å². The minimum absolute atomic E-state index is 0.00308. The van der Waals surface area contributed by atoms with Crippen LogP contribution in [0.2, 0.25) is 0 Å². The van der Waals surface area contributed by atoms with Gasteiger partial charge in [-0.2, -0.15) is 0 Å². The predicted molar refractivity (Wildman–Crippen MR) is 100 cm³/mol. The lowest BCUT2D eigenvalue weighted by molar-refractivity contribution is -0.129. The highest BCUT2D eigenvalue weighted by molar-refractivity contribution is 5.91.